The van der Waals surface area contributed by atoms with Crippen LogP contribution in [0.5, 0.6) is 0 Å². The number of hydrogen-bond donors (Lipinski definition) is 2. The van der Waals surface area contributed by atoms with Crippen LogP contribution in [0.4, 0.5) is 5.69 Å². The van der Waals surface area contributed by atoms with Crippen molar-refractivity contribution >= 4 is 44.6 Å². The Morgan fingerprint density at radius 3 is 2.70 bits per heavy atom. The van der Waals surface area contributed by atoms with Crippen LogP contribution in [0.3, 0.4) is 0 Å². The zero-order valence-electron chi connectivity index (χ0n) is 14.5. The highest BCUT2D eigenvalue weighted by Crippen LogP contribution is 2.17. The first kappa shape index (κ1) is 19.2. The molecule has 1 aliphatic rings. The molecule has 0 aliphatic carbocycles. The fraction of sp³-hybridized carbons (Fsp3) is 0.278. The van der Waals surface area contributed by atoms with Gasteiger partial charge in [-0.05, 0) is 36.1 Å². The first-order valence-electron chi connectivity index (χ1n) is 8.47. The standard InChI is InChI=1S/C18H19N3O4S2/c22-15(16-6-3-11-26-16)8-9-18(23)20-13-4-1-5-14(12-13)27(24,25)21-17-7-2-10-19-17/h1,3-6,11-12H,2,7-10H2,(H,19,21)(H,20,23). The van der Waals surface area contributed by atoms with Crippen molar-refractivity contribution in [2.75, 3.05) is 11.9 Å². The number of aliphatic imine (C=N–C) groups is 1. The Hall–Kier alpha value is -2.52. The Balaban J connectivity index is 1.59. The van der Waals surface area contributed by atoms with Crippen LogP contribution in [0.25, 0.3) is 0 Å². The van der Waals surface area contributed by atoms with Crippen LogP contribution in [0.15, 0.2) is 51.7 Å². The molecule has 1 aromatic carbocycles. The first-order chi connectivity index (χ1) is 12.9. The lowest BCUT2D eigenvalue weighted by molar-refractivity contribution is -0.116. The number of thiophene rings is 1. The van der Waals surface area contributed by atoms with Crippen molar-refractivity contribution in [3.63, 3.8) is 0 Å². The molecule has 0 unspecified atom stereocenters. The van der Waals surface area contributed by atoms with Crippen LogP contribution < -0.4 is 10.0 Å². The molecule has 0 bridgehead atoms. The van der Waals surface area contributed by atoms with Gasteiger partial charge in [0.15, 0.2) is 5.78 Å². The molecule has 0 saturated carbocycles. The largest absolute Gasteiger partial charge is 0.326 e. The summed E-state index contributed by atoms with van der Waals surface area (Å²) in [6, 6.07) is 9.50. The minimum absolute atomic E-state index is 0.0305. The van der Waals surface area contributed by atoms with Gasteiger partial charge in [0.05, 0.1) is 9.77 Å². The number of benzene rings is 1. The summed E-state index contributed by atoms with van der Waals surface area (Å²) < 4.78 is 27.3. The minimum Gasteiger partial charge on any atom is -0.326 e. The molecule has 7 nitrogen and oxygen atoms in total. The molecule has 3 rings (SSSR count). The van der Waals surface area contributed by atoms with Crippen LogP contribution in [0.2, 0.25) is 0 Å². The molecule has 0 radical (unpaired) electrons. The third kappa shape index (κ3) is 5.24. The van der Waals surface area contributed by atoms with Gasteiger partial charge in [0.25, 0.3) is 10.0 Å². The quantitative estimate of drug-likeness (QED) is 0.691. The number of Topliss-reactive ketones (excluding diaryl/α,β-unsaturated/α-hetero) is 1. The van der Waals surface area contributed by atoms with E-state index in [1.807, 2.05) is 5.38 Å². The minimum atomic E-state index is -3.74. The number of anilines is 1. The second-order valence-electron chi connectivity index (χ2n) is 6.01. The van der Waals surface area contributed by atoms with Gasteiger partial charge in [-0.1, -0.05) is 12.1 Å². The second-order valence-corrected chi connectivity index (χ2v) is 8.64. The van der Waals surface area contributed by atoms with E-state index in [4.69, 9.17) is 0 Å². The molecule has 9 heteroatoms. The number of nitrogens with one attached hydrogen (secondary N) is 2. The topological polar surface area (TPSA) is 105 Å². The van der Waals surface area contributed by atoms with Crippen LogP contribution >= 0.6 is 11.3 Å². The maximum absolute atomic E-state index is 12.4. The van der Waals surface area contributed by atoms with Crippen LogP contribution in [-0.4, -0.2) is 32.5 Å². The Bertz CT molecular complexity index is 966. The Kier molecular flexibility index (Phi) is 6.02. The van der Waals surface area contributed by atoms with E-state index >= 15 is 0 Å². The zero-order chi connectivity index (χ0) is 19.3. The van der Waals surface area contributed by atoms with E-state index in [1.165, 1.54) is 23.5 Å². The summed E-state index contributed by atoms with van der Waals surface area (Å²) in [4.78, 5) is 28.8. The number of rotatable bonds is 7. The zero-order valence-corrected chi connectivity index (χ0v) is 16.1. The summed E-state index contributed by atoms with van der Waals surface area (Å²) in [6.45, 7) is 0.623. The summed E-state index contributed by atoms with van der Waals surface area (Å²) in [5, 5.41) is 4.45. The number of amides is 1. The highest BCUT2D eigenvalue weighted by Gasteiger charge is 2.19. The van der Waals surface area contributed by atoms with Crippen molar-refractivity contribution in [1.29, 1.82) is 0 Å². The first-order valence-corrected chi connectivity index (χ1v) is 10.8. The van der Waals surface area contributed by atoms with Gasteiger partial charge < -0.3 is 5.32 Å². The summed E-state index contributed by atoms with van der Waals surface area (Å²) >= 11 is 1.34. The number of ketones is 1. The van der Waals surface area contributed by atoms with E-state index in [1.54, 1.807) is 24.3 Å². The van der Waals surface area contributed by atoms with Crippen LogP contribution in [-0.2, 0) is 14.8 Å². The fourth-order valence-electron chi connectivity index (χ4n) is 2.59. The monoisotopic (exact) mass is 405 g/mol. The lowest BCUT2D eigenvalue weighted by Gasteiger charge is -2.10. The lowest BCUT2D eigenvalue weighted by atomic mass is 10.2. The van der Waals surface area contributed by atoms with Gasteiger partial charge >= 0.3 is 0 Å². The van der Waals surface area contributed by atoms with Crippen molar-refractivity contribution < 1.29 is 18.0 Å². The average Bonchev–Trinajstić information content (AvgIpc) is 3.33. The highest BCUT2D eigenvalue weighted by molar-refractivity contribution is 7.90. The highest BCUT2D eigenvalue weighted by atomic mass is 32.2. The normalized spacial score (nSPS) is 13.9. The van der Waals surface area contributed by atoms with Gasteiger partial charge in [0, 0.05) is 31.5 Å². The molecule has 2 heterocycles. The molecule has 1 aliphatic heterocycles. The van der Waals surface area contributed by atoms with E-state index in [9.17, 15) is 18.0 Å². The summed E-state index contributed by atoms with van der Waals surface area (Å²) in [7, 11) is -3.74. The van der Waals surface area contributed by atoms with E-state index in [0.717, 1.165) is 6.42 Å². The molecule has 2 aromatic rings. The second kappa shape index (κ2) is 8.45. The van der Waals surface area contributed by atoms with Gasteiger partial charge in [0.1, 0.15) is 5.84 Å². The van der Waals surface area contributed by atoms with Crippen LogP contribution in [0.1, 0.15) is 35.4 Å². The van der Waals surface area contributed by atoms with E-state index in [0.29, 0.717) is 29.4 Å². The van der Waals surface area contributed by atoms with Crippen molar-refractivity contribution in [2.45, 2.75) is 30.6 Å². The number of amidine groups is 1. The average molecular weight is 406 g/mol. The number of nitrogens with zero attached hydrogens (tertiary/aromatic N) is 1. The van der Waals surface area contributed by atoms with E-state index in [2.05, 4.69) is 15.0 Å². The molecular formula is C18H19N3O4S2. The van der Waals surface area contributed by atoms with E-state index in [-0.39, 0.29) is 29.4 Å². The van der Waals surface area contributed by atoms with Crippen molar-refractivity contribution in [3.8, 4) is 0 Å². The smallest absolute Gasteiger partial charge is 0.262 e. The summed E-state index contributed by atoms with van der Waals surface area (Å²) in [6.07, 6.45) is 1.57. The molecule has 0 fully saturated rings. The molecule has 1 aromatic heterocycles. The third-order valence-corrected chi connectivity index (χ3v) is 6.22. The van der Waals surface area contributed by atoms with Gasteiger partial charge in [0.2, 0.25) is 5.91 Å². The maximum atomic E-state index is 12.4. The number of sulfonamides is 1. The Morgan fingerprint density at radius 2 is 2.00 bits per heavy atom. The molecule has 0 spiro atoms. The number of carbonyl (C=O) groups excluding carboxylic acids is 2. The molecule has 1 amide bonds. The third-order valence-electron chi connectivity index (χ3n) is 3.93. The van der Waals surface area contributed by atoms with Crippen molar-refractivity contribution in [3.05, 3.63) is 46.7 Å². The van der Waals surface area contributed by atoms with Crippen molar-refractivity contribution in [2.24, 2.45) is 4.99 Å². The van der Waals surface area contributed by atoms with Gasteiger partial charge in [-0.25, -0.2) is 8.42 Å². The SMILES string of the molecule is O=C(CCC(=O)c1cccs1)Nc1cccc(S(=O)(=O)NC2=NCCC2)c1. The predicted octanol–water partition coefficient (Wildman–Crippen LogP) is 2.82. The predicted molar refractivity (Wildman–Crippen MR) is 105 cm³/mol. The molecule has 27 heavy (non-hydrogen) atoms. The van der Waals surface area contributed by atoms with Gasteiger partial charge in [-0.2, -0.15) is 0 Å². The Morgan fingerprint density at radius 1 is 1.15 bits per heavy atom. The Labute approximate surface area is 161 Å². The summed E-state index contributed by atoms with van der Waals surface area (Å²) in [5.41, 5.74) is 0.361. The number of carbonyl (C=O) groups is 2. The van der Waals surface area contributed by atoms with Crippen LogP contribution in [0, 0.1) is 0 Å². The fourth-order valence-corrected chi connectivity index (χ4v) is 4.42. The molecule has 0 saturated heterocycles. The molecule has 142 valence electrons. The summed E-state index contributed by atoms with van der Waals surface area (Å²) in [5.74, 6) is 0.0251. The lowest BCUT2D eigenvalue weighted by Crippen LogP contribution is -2.29. The van der Waals surface area contributed by atoms with Gasteiger partial charge in [-0.3, -0.25) is 19.3 Å². The van der Waals surface area contributed by atoms with E-state index < -0.39 is 10.0 Å². The number of hydrogen-bond acceptors (Lipinski definition) is 6. The molecule has 2 N–H and O–H groups in total. The van der Waals surface area contributed by atoms with Crippen molar-refractivity contribution in [1.82, 2.24) is 4.72 Å². The molecule has 0 atom stereocenters. The maximum Gasteiger partial charge on any atom is 0.262 e. The molecular weight excluding hydrogens is 386 g/mol. The van der Waals surface area contributed by atoms with Gasteiger partial charge in [-0.15, -0.1) is 11.3 Å².